The van der Waals surface area contributed by atoms with Crippen molar-refractivity contribution in [3.05, 3.63) is 175 Å². The lowest BCUT2D eigenvalue weighted by molar-refractivity contribution is 0.0840. The first kappa shape index (κ1) is 35.4. The second-order valence-corrected chi connectivity index (χ2v) is 18.1. The molecule has 0 saturated heterocycles. The third-order valence-electron chi connectivity index (χ3n) is 13.8. The second-order valence-electron chi connectivity index (χ2n) is 17.1. The number of nitrogens with one attached hydrogen (secondary N) is 1. The third kappa shape index (κ3) is 5.21. The topological polar surface area (TPSA) is 58.9 Å². The zero-order valence-corrected chi connectivity index (χ0v) is 34.7. The maximum atomic E-state index is 5.70. The molecule has 3 aliphatic rings. The molecular weight excluding hydrogens is 753 g/mol. The van der Waals surface area contributed by atoms with E-state index in [1.807, 2.05) is 11.3 Å². The van der Waals surface area contributed by atoms with Crippen LogP contribution in [0.2, 0.25) is 0 Å². The minimum atomic E-state index is -0.0320. The highest BCUT2D eigenvalue weighted by Gasteiger charge is 2.58. The predicted molar refractivity (Wildman–Crippen MR) is 247 cm³/mol. The molecule has 1 saturated carbocycles. The van der Waals surface area contributed by atoms with Gasteiger partial charge >= 0.3 is 0 Å². The van der Waals surface area contributed by atoms with E-state index in [9.17, 15) is 0 Å². The van der Waals surface area contributed by atoms with Crippen LogP contribution < -0.4 is 10.2 Å². The molecule has 3 aromatic heterocycles. The Balaban J connectivity index is 0.975. The van der Waals surface area contributed by atoms with Crippen LogP contribution in [-0.2, 0) is 5.41 Å². The standard InChI is InChI=1S/C53H44N6S/c1-4-53(3)44-32(2)31-39(44)45-50(53)57-47-46(56-45)48(33-23-27-35(28-24-33)51-54-40-19-11-13-21-42(40)58(51)37-15-7-5-8-16-37)60-49(47)34-25-29-36(30-26-34)52-55-41-20-12-14-22-43(41)59(52)38-17-9-6-10-18-38/h5-30,32,39,44,51,54H,4,31H2,1-3H3. The fourth-order valence-corrected chi connectivity index (χ4v) is 11.9. The fraction of sp³-hybridized carbons (Fsp3) is 0.189. The summed E-state index contributed by atoms with van der Waals surface area (Å²) < 4.78 is 2.27. The van der Waals surface area contributed by atoms with Crippen molar-refractivity contribution in [1.29, 1.82) is 0 Å². The van der Waals surface area contributed by atoms with Crippen molar-refractivity contribution in [2.45, 2.75) is 51.1 Å². The maximum absolute atomic E-state index is 5.70. The molecule has 6 nitrogen and oxygen atoms in total. The highest BCUT2D eigenvalue weighted by atomic mass is 32.1. The van der Waals surface area contributed by atoms with Crippen molar-refractivity contribution < 1.29 is 0 Å². The fourth-order valence-electron chi connectivity index (χ4n) is 10.8. The Bertz CT molecular complexity index is 3080. The zero-order valence-electron chi connectivity index (χ0n) is 33.9. The van der Waals surface area contributed by atoms with Crippen LogP contribution in [0, 0.1) is 11.8 Å². The summed E-state index contributed by atoms with van der Waals surface area (Å²) in [5, 5.41) is 3.81. The Morgan fingerprint density at radius 2 is 1.28 bits per heavy atom. The number of nitrogens with zero attached hydrogens (tertiary/aromatic N) is 5. The van der Waals surface area contributed by atoms with Crippen LogP contribution in [0.4, 0.5) is 17.1 Å². The van der Waals surface area contributed by atoms with Crippen LogP contribution in [0.25, 0.3) is 60.0 Å². The molecule has 12 rings (SSSR count). The average Bonchev–Trinajstić information content (AvgIpc) is 4.04. The molecule has 4 heterocycles. The number of aromatic nitrogens is 4. The van der Waals surface area contributed by atoms with E-state index in [1.165, 1.54) is 39.5 Å². The number of hydrogen-bond donors (Lipinski definition) is 1. The predicted octanol–water partition coefficient (Wildman–Crippen LogP) is 13.7. The van der Waals surface area contributed by atoms with Crippen molar-refractivity contribution in [3.8, 4) is 38.0 Å². The van der Waals surface area contributed by atoms with Gasteiger partial charge in [-0.3, -0.25) is 4.57 Å². The van der Waals surface area contributed by atoms with Crippen LogP contribution in [0.1, 0.15) is 62.6 Å². The largest absolute Gasteiger partial charge is 0.359 e. The number of fused-ring (bicyclic) bond motifs is 6. The molecule has 0 radical (unpaired) electrons. The second kappa shape index (κ2) is 13.5. The van der Waals surface area contributed by atoms with Gasteiger partial charge in [-0.1, -0.05) is 130 Å². The Labute approximate surface area is 354 Å². The Morgan fingerprint density at radius 1 is 0.667 bits per heavy atom. The van der Waals surface area contributed by atoms with Gasteiger partial charge in [0.2, 0.25) is 0 Å². The van der Waals surface area contributed by atoms with Crippen LogP contribution >= 0.6 is 11.3 Å². The Morgan fingerprint density at radius 3 is 2.00 bits per heavy atom. The van der Waals surface area contributed by atoms with E-state index < -0.39 is 0 Å². The first-order valence-electron chi connectivity index (χ1n) is 21.3. The molecule has 292 valence electrons. The third-order valence-corrected chi connectivity index (χ3v) is 15.1. The highest BCUT2D eigenvalue weighted by molar-refractivity contribution is 7.20. The van der Waals surface area contributed by atoms with Gasteiger partial charge in [0.1, 0.15) is 23.0 Å². The van der Waals surface area contributed by atoms with Gasteiger partial charge in [-0.05, 0) is 89.9 Å². The smallest absolute Gasteiger partial charge is 0.145 e. The van der Waals surface area contributed by atoms with Gasteiger partial charge < -0.3 is 10.2 Å². The van der Waals surface area contributed by atoms with Gasteiger partial charge in [0.15, 0.2) is 0 Å². The summed E-state index contributed by atoms with van der Waals surface area (Å²) >= 11 is 1.82. The van der Waals surface area contributed by atoms with E-state index >= 15 is 0 Å². The first-order chi connectivity index (χ1) is 29.5. The monoisotopic (exact) mass is 796 g/mol. The molecule has 1 aliphatic heterocycles. The molecule has 6 aromatic carbocycles. The molecule has 0 amide bonds. The quantitative estimate of drug-likeness (QED) is 0.174. The summed E-state index contributed by atoms with van der Waals surface area (Å²) in [6.07, 6.45) is 2.23. The summed E-state index contributed by atoms with van der Waals surface area (Å²) in [4.78, 5) is 21.3. The van der Waals surface area contributed by atoms with Crippen molar-refractivity contribution in [2.75, 3.05) is 10.2 Å². The number of rotatable bonds is 7. The van der Waals surface area contributed by atoms with E-state index in [2.05, 4.69) is 193 Å². The van der Waals surface area contributed by atoms with Crippen molar-refractivity contribution in [1.82, 2.24) is 19.5 Å². The zero-order chi connectivity index (χ0) is 40.1. The normalized spacial score (nSPS) is 21.4. The molecule has 60 heavy (non-hydrogen) atoms. The molecule has 5 atom stereocenters. The first-order valence-corrected chi connectivity index (χ1v) is 22.1. The number of hydrogen-bond acceptors (Lipinski definition) is 6. The van der Waals surface area contributed by atoms with E-state index in [0.29, 0.717) is 17.8 Å². The summed E-state index contributed by atoms with van der Waals surface area (Å²) in [5.74, 6) is 2.69. The van der Waals surface area contributed by atoms with Gasteiger partial charge in [0, 0.05) is 28.3 Å². The Hall–Kier alpha value is -6.57. The van der Waals surface area contributed by atoms with Crippen molar-refractivity contribution in [2.24, 2.45) is 11.8 Å². The van der Waals surface area contributed by atoms with Crippen molar-refractivity contribution in [3.63, 3.8) is 0 Å². The number of thiophene rings is 1. The van der Waals surface area contributed by atoms with Crippen LogP contribution in [-0.4, -0.2) is 19.5 Å². The molecule has 1 fully saturated rings. The molecule has 0 spiro atoms. The number of imidazole rings is 1. The highest BCUT2D eigenvalue weighted by Crippen LogP contribution is 2.64. The average molecular weight is 797 g/mol. The lowest BCUT2D eigenvalue weighted by atomic mass is 9.58. The van der Waals surface area contributed by atoms with Crippen LogP contribution in [0.3, 0.4) is 0 Å². The van der Waals surface area contributed by atoms with Gasteiger partial charge in [-0.25, -0.2) is 15.0 Å². The van der Waals surface area contributed by atoms with Gasteiger partial charge in [0.05, 0.1) is 43.6 Å². The summed E-state index contributed by atoms with van der Waals surface area (Å²) in [6, 6.07) is 56.2. The lowest BCUT2D eigenvalue weighted by Gasteiger charge is -2.46. The minimum Gasteiger partial charge on any atom is -0.359 e. The molecule has 1 N–H and O–H groups in total. The number of anilines is 3. The summed E-state index contributed by atoms with van der Waals surface area (Å²) in [6.45, 7) is 7.20. The summed E-state index contributed by atoms with van der Waals surface area (Å²) in [7, 11) is 0. The Kier molecular flexibility index (Phi) is 7.95. The molecule has 2 aliphatic carbocycles. The molecule has 9 aromatic rings. The molecule has 0 bridgehead atoms. The minimum absolute atomic E-state index is 0.0245. The van der Waals surface area contributed by atoms with Gasteiger partial charge in [-0.15, -0.1) is 11.3 Å². The van der Waals surface area contributed by atoms with Gasteiger partial charge in [-0.2, -0.15) is 0 Å². The van der Waals surface area contributed by atoms with Crippen LogP contribution in [0.5, 0.6) is 0 Å². The number of para-hydroxylation sites is 6. The SMILES string of the molecule is CCC1(C)c2nc3c(-c4ccc(-c5nc6ccccc6n5-c5ccccc5)cc4)sc(-c4ccc(C5Nc6ccccc6N5c5ccccc5)cc4)c3nc2C2CC(C)C21. The van der Waals surface area contributed by atoms with Crippen molar-refractivity contribution >= 4 is 50.5 Å². The molecular formula is C53H44N6S. The van der Waals surface area contributed by atoms with E-state index in [-0.39, 0.29) is 11.6 Å². The molecule has 7 heteroatoms. The van der Waals surface area contributed by atoms with E-state index in [4.69, 9.17) is 15.0 Å². The number of benzene rings is 6. The van der Waals surface area contributed by atoms with E-state index in [1.54, 1.807) is 0 Å². The molecule has 5 unspecified atom stereocenters. The van der Waals surface area contributed by atoms with E-state index in [0.717, 1.165) is 67.4 Å². The summed E-state index contributed by atoms with van der Waals surface area (Å²) in [5.41, 5.74) is 15.7. The van der Waals surface area contributed by atoms with Gasteiger partial charge in [0.25, 0.3) is 0 Å². The lowest BCUT2D eigenvalue weighted by Crippen LogP contribution is -2.41. The maximum Gasteiger partial charge on any atom is 0.145 e. The van der Waals surface area contributed by atoms with Crippen LogP contribution in [0.15, 0.2) is 158 Å².